The predicted octanol–water partition coefficient (Wildman–Crippen LogP) is 4.04. The number of imide groups is 1. The summed E-state index contributed by atoms with van der Waals surface area (Å²) in [5.41, 5.74) is 4.00. The summed E-state index contributed by atoms with van der Waals surface area (Å²) in [5.74, 6) is -1.09. The molecular formula is C21H21FN2O2. The number of anilines is 1. The lowest BCUT2D eigenvalue weighted by Crippen LogP contribution is -2.33. The van der Waals surface area contributed by atoms with E-state index in [9.17, 15) is 14.0 Å². The van der Waals surface area contributed by atoms with E-state index in [1.807, 2.05) is 39.0 Å². The third kappa shape index (κ3) is 3.25. The van der Waals surface area contributed by atoms with E-state index in [0.29, 0.717) is 18.5 Å². The Hall–Kier alpha value is -2.95. The first-order chi connectivity index (χ1) is 12.4. The molecule has 0 fully saturated rings. The Morgan fingerprint density at radius 3 is 2.27 bits per heavy atom. The molecule has 0 saturated carbocycles. The van der Waals surface area contributed by atoms with Crippen LogP contribution in [0.1, 0.15) is 30.0 Å². The molecule has 0 spiro atoms. The first-order valence-electron chi connectivity index (χ1n) is 8.63. The Bertz CT molecular complexity index is 901. The fraction of sp³-hybridized carbons (Fsp3) is 0.238. The molecule has 0 aliphatic carbocycles. The lowest BCUT2D eigenvalue weighted by Gasteiger charge is -2.14. The Balaban J connectivity index is 2.07. The molecule has 0 atom stereocenters. The fourth-order valence-electron chi connectivity index (χ4n) is 2.97. The van der Waals surface area contributed by atoms with Gasteiger partial charge in [-0.25, -0.2) is 4.39 Å². The number of hydrogen-bond acceptors (Lipinski definition) is 3. The van der Waals surface area contributed by atoms with E-state index in [1.165, 1.54) is 29.2 Å². The van der Waals surface area contributed by atoms with Crippen molar-refractivity contribution in [3.8, 4) is 0 Å². The van der Waals surface area contributed by atoms with Crippen LogP contribution >= 0.6 is 0 Å². The maximum Gasteiger partial charge on any atom is 0.278 e. The van der Waals surface area contributed by atoms with E-state index in [-0.39, 0.29) is 28.9 Å². The molecule has 0 aromatic heterocycles. The normalized spacial score (nSPS) is 14.4. The number of hydrogen-bond donors (Lipinski definition) is 1. The number of rotatable bonds is 5. The van der Waals surface area contributed by atoms with Gasteiger partial charge in [-0.2, -0.15) is 0 Å². The van der Waals surface area contributed by atoms with Crippen molar-refractivity contribution in [2.45, 2.75) is 27.2 Å². The van der Waals surface area contributed by atoms with E-state index in [2.05, 4.69) is 5.32 Å². The zero-order valence-corrected chi connectivity index (χ0v) is 15.1. The smallest absolute Gasteiger partial charge is 0.278 e. The average molecular weight is 352 g/mol. The van der Waals surface area contributed by atoms with Crippen molar-refractivity contribution in [1.82, 2.24) is 4.90 Å². The third-order valence-electron chi connectivity index (χ3n) is 4.52. The second-order valence-corrected chi connectivity index (χ2v) is 6.44. The molecule has 2 aromatic rings. The molecule has 3 rings (SSSR count). The monoisotopic (exact) mass is 352 g/mol. The molecule has 2 amide bonds. The van der Waals surface area contributed by atoms with E-state index in [1.54, 1.807) is 0 Å². The van der Waals surface area contributed by atoms with Crippen LogP contribution in [-0.4, -0.2) is 23.3 Å². The zero-order valence-electron chi connectivity index (χ0n) is 15.1. The fourth-order valence-corrected chi connectivity index (χ4v) is 2.97. The largest absolute Gasteiger partial charge is 0.350 e. The van der Waals surface area contributed by atoms with Crippen molar-refractivity contribution in [1.29, 1.82) is 0 Å². The number of nitrogens with zero attached hydrogens (tertiary/aromatic N) is 1. The van der Waals surface area contributed by atoms with Crippen LogP contribution in [0.25, 0.3) is 5.57 Å². The van der Waals surface area contributed by atoms with Gasteiger partial charge in [0, 0.05) is 12.2 Å². The van der Waals surface area contributed by atoms with Gasteiger partial charge in [0.2, 0.25) is 0 Å². The van der Waals surface area contributed by atoms with E-state index in [0.717, 1.165) is 16.8 Å². The van der Waals surface area contributed by atoms with Gasteiger partial charge in [-0.1, -0.05) is 25.1 Å². The van der Waals surface area contributed by atoms with Crippen molar-refractivity contribution in [2.24, 2.45) is 0 Å². The van der Waals surface area contributed by atoms with E-state index >= 15 is 0 Å². The summed E-state index contributed by atoms with van der Waals surface area (Å²) in [6.07, 6.45) is 0.672. The van der Waals surface area contributed by atoms with Crippen molar-refractivity contribution >= 4 is 23.1 Å². The van der Waals surface area contributed by atoms with Gasteiger partial charge in [0.15, 0.2) is 0 Å². The molecule has 1 N–H and O–H groups in total. The molecular weight excluding hydrogens is 331 g/mol. The summed E-state index contributed by atoms with van der Waals surface area (Å²) < 4.78 is 13.3. The van der Waals surface area contributed by atoms with Gasteiger partial charge in [0.25, 0.3) is 11.8 Å². The molecule has 0 saturated heterocycles. The van der Waals surface area contributed by atoms with E-state index in [4.69, 9.17) is 0 Å². The number of carbonyl (C=O) groups excluding carboxylic acids is 2. The lowest BCUT2D eigenvalue weighted by atomic mass is 10.0. The molecule has 0 radical (unpaired) electrons. The van der Waals surface area contributed by atoms with Crippen LogP contribution in [0.4, 0.5) is 10.1 Å². The minimum absolute atomic E-state index is 0.235. The number of nitrogens with one attached hydrogen (secondary N) is 1. The van der Waals surface area contributed by atoms with Crippen LogP contribution in [0.3, 0.4) is 0 Å². The van der Waals surface area contributed by atoms with Gasteiger partial charge < -0.3 is 5.32 Å². The first kappa shape index (κ1) is 17.9. The Labute approximate surface area is 152 Å². The minimum atomic E-state index is -0.389. The highest BCUT2D eigenvalue weighted by Gasteiger charge is 2.38. The van der Waals surface area contributed by atoms with Crippen LogP contribution < -0.4 is 5.32 Å². The quantitative estimate of drug-likeness (QED) is 0.826. The Morgan fingerprint density at radius 2 is 1.65 bits per heavy atom. The van der Waals surface area contributed by atoms with Gasteiger partial charge in [-0.3, -0.25) is 14.5 Å². The molecule has 134 valence electrons. The van der Waals surface area contributed by atoms with Crippen LogP contribution in [0, 0.1) is 19.7 Å². The molecule has 1 heterocycles. The minimum Gasteiger partial charge on any atom is -0.350 e. The molecule has 26 heavy (non-hydrogen) atoms. The molecule has 5 heteroatoms. The second kappa shape index (κ2) is 7.12. The van der Waals surface area contributed by atoms with Crippen LogP contribution in [0.2, 0.25) is 0 Å². The highest BCUT2D eigenvalue weighted by atomic mass is 19.1. The summed E-state index contributed by atoms with van der Waals surface area (Å²) in [5, 5.41) is 3.11. The summed E-state index contributed by atoms with van der Waals surface area (Å²) in [6, 6.07) is 11.4. The van der Waals surface area contributed by atoms with Crippen molar-refractivity contribution in [3.63, 3.8) is 0 Å². The maximum atomic E-state index is 13.3. The third-order valence-corrected chi connectivity index (χ3v) is 4.52. The average Bonchev–Trinajstić information content (AvgIpc) is 2.84. The Morgan fingerprint density at radius 1 is 0.962 bits per heavy atom. The van der Waals surface area contributed by atoms with Gasteiger partial charge >= 0.3 is 0 Å². The van der Waals surface area contributed by atoms with Gasteiger partial charge in [-0.05, 0) is 61.2 Å². The number of carbonyl (C=O) groups is 2. The summed E-state index contributed by atoms with van der Waals surface area (Å²) in [4.78, 5) is 26.9. The second-order valence-electron chi connectivity index (χ2n) is 6.44. The molecule has 0 bridgehead atoms. The summed E-state index contributed by atoms with van der Waals surface area (Å²) in [7, 11) is 0. The van der Waals surface area contributed by atoms with Crippen molar-refractivity contribution in [3.05, 3.63) is 70.7 Å². The zero-order chi connectivity index (χ0) is 18.8. The SMILES string of the molecule is CCCN1C(=O)C(Nc2ccc(C)c(C)c2)=C(c2ccc(F)cc2)C1=O. The molecule has 1 aliphatic rings. The molecule has 0 unspecified atom stereocenters. The Kier molecular flexibility index (Phi) is 4.89. The van der Waals surface area contributed by atoms with Crippen LogP contribution in [-0.2, 0) is 9.59 Å². The number of benzene rings is 2. The summed E-state index contributed by atoms with van der Waals surface area (Å²) >= 11 is 0. The topological polar surface area (TPSA) is 49.4 Å². The maximum absolute atomic E-state index is 13.3. The number of aryl methyl sites for hydroxylation is 2. The van der Waals surface area contributed by atoms with Crippen LogP contribution in [0.15, 0.2) is 48.2 Å². The van der Waals surface area contributed by atoms with E-state index < -0.39 is 0 Å². The van der Waals surface area contributed by atoms with Gasteiger partial charge in [0.1, 0.15) is 11.5 Å². The lowest BCUT2D eigenvalue weighted by molar-refractivity contribution is -0.136. The van der Waals surface area contributed by atoms with Gasteiger partial charge in [-0.15, -0.1) is 0 Å². The number of halogens is 1. The molecule has 1 aliphatic heterocycles. The van der Waals surface area contributed by atoms with Crippen molar-refractivity contribution in [2.75, 3.05) is 11.9 Å². The molecule has 4 nitrogen and oxygen atoms in total. The van der Waals surface area contributed by atoms with Gasteiger partial charge in [0.05, 0.1) is 5.57 Å². The first-order valence-corrected chi connectivity index (χ1v) is 8.63. The predicted molar refractivity (Wildman–Crippen MR) is 99.9 cm³/mol. The highest BCUT2D eigenvalue weighted by molar-refractivity contribution is 6.36. The molecule has 2 aromatic carbocycles. The summed E-state index contributed by atoms with van der Waals surface area (Å²) in [6.45, 7) is 6.25. The highest BCUT2D eigenvalue weighted by Crippen LogP contribution is 2.31. The standard InChI is InChI=1S/C21H21FN2O2/c1-4-11-24-20(25)18(15-6-8-16(22)9-7-15)19(21(24)26)23-17-10-5-13(2)14(3)12-17/h5-10,12,23H,4,11H2,1-3H3. The van der Waals surface area contributed by atoms with Crippen molar-refractivity contribution < 1.29 is 14.0 Å². The van der Waals surface area contributed by atoms with Crippen LogP contribution in [0.5, 0.6) is 0 Å². The number of amides is 2.